The molecule has 2 aromatic carbocycles. The number of carboxylic acid groups (broad SMARTS) is 1. The van der Waals surface area contributed by atoms with Crippen LogP contribution >= 0.6 is 0 Å². The topological polar surface area (TPSA) is 82.2 Å². The van der Waals surface area contributed by atoms with Gasteiger partial charge in [0.1, 0.15) is 11.3 Å². The first-order chi connectivity index (χ1) is 9.86. The molecule has 0 bridgehead atoms. The summed E-state index contributed by atoms with van der Waals surface area (Å²) in [4.78, 5) is 11.1. The maximum absolute atomic E-state index is 11.1. The Labute approximate surface area is 122 Å². The minimum Gasteiger partial charge on any atom is -0.507 e. The van der Waals surface area contributed by atoms with Gasteiger partial charge in [0.05, 0.1) is 11.4 Å². The molecule has 0 aliphatic carbocycles. The van der Waals surface area contributed by atoms with Gasteiger partial charge in [-0.05, 0) is 61.7 Å². The monoisotopic (exact) mass is 284 g/mol. The van der Waals surface area contributed by atoms with Crippen molar-refractivity contribution in [2.24, 2.45) is 10.2 Å². The third kappa shape index (κ3) is 3.45. The molecule has 2 aromatic rings. The summed E-state index contributed by atoms with van der Waals surface area (Å²) in [5.41, 5.74) is 3.53. The molecule has 0 heterocycles. The van der Waals surface area contributed by atoms with E-state index < -0.39 is 5.97 Å². The minimum absolute atomic E-state index is 0.177. The number of carboxylic acids is 1. The Bertz CT molecular complexity index is 716. The van der Waals surface area contributed by atoms with Crippen molar-refractivity contribution in [1.29, 1.82) is 0 Å². The molecule has 108 valence electrons. The highest BCUT2D eigenvalue weighted by Gasteiger charge is 2.13. The van der Waals surface area contributed by atoms with Crippen LogP contribution in [-0.4, -0.2) is 16.2 Å². The first-order valence-electron chi connectivity index (χ1n) is 6.44. The molecule has 0 aromatic heterocycles. The van der Waals surface area contributed by atoms with Crippen LogP contribution in [0.5, 0.6) is 5.75 Å². The fraction of sp³-hybridized carbons (Fsp3) is 0.188. The number of aromatic hydroxyl groups is 1. The predicted molar refractivity (Wildman–Crippen MR) is 79.9 cm³/mol. The second kappa shape index (κ2) is 5.75. The summed E-state index contributed by atoms with van der Waals surface area (Å²) in [7, 11) is 0. The number of hydrogen-bond donors (Lipinski definition) is 2. The third-order valence-corrected chi connectivity index (χ3v) is 3.00. The van der Waals surface area contributed by atoms with Crippen LogP contribution in [0.15, 0.2) is 40.6 Å². The Hall–Kier alpha value is -2.69. The summed E-state index contributed by atoms with van der Waals surface area (Å²) in [5, 5.41) is 26.9. The molecule has 0 unspecified atom stereocenters. The van der Waals surface area contributed by atoms with Gasteiger partial charge in [0, 0.05) is 0 Å². The number of rotatable bonds is 3. The third-order valence-electron chi connectivity index (χ3n) is 3.00. The zero-order valence-corrected chi connectivity index (χ0v) is 12.1. The Morgan fingerprint density at radius 2 is 1.43 bits per heavy atom. The maximum Gasteiger partial charge on any atom is 0.339 e. The molecule has 0 radical (unpaired) electrons. The lowest BCUT2D eigenvalue weighted by Gasteiger charge is -2.04. The van der Waals surface area contributed by atoms with Gasteiger partial charge in [-0.1, -0.05) is 6.07 Å². The van der Waals surface area contributed by atoms with Crippen LogP contribution < -0.4 is 0 Å². The van der Waals surface area contributed by atoms with Gasteiger partial charge in [-0.25, -0.2) is 4.79 Å². The number of aryl methyl sites for hydroxylation is 3. The summed E-state index contributed by atoms with van der Waals surface area (Å²) in [6.07, 6.45) is 0. The summed E-state index contributed by atoms with van der Waals surface area (Å²) < 4.78 is 0. The number of nitrogens with zero attached hydrogens (tertiary/aromatic N) is 2. The van der Waals surface area contributed by atoms with E-state index in [2.05, 4.69) is 10.2 Å². The van der Waals surface area contributed by atoms with Gasteiger partial charge in [-0.3, -0.25) is 0 Å². The van der Waals surface area contributed by atoms with Gasteiger partial charge in [0.2, 0.25) is 0 Å². The van der Waals surface area contributed by atoms with E-state index in [0.29, 0.717) is 16.9 Å². The van der Waals surface area contributed by atoms with Crippen molar-refractivity contribution in [2.75, 3.05) is 0 Å². The van der Waals surface area contributed by atoms with Gasteiger partial charge in [0.25, 0.3) is 0 Å². The highest BCUT2D eigenvalue weighted by atomic mass is 16.4. The molecule has 0 aliphatic rings. The second-order valence-electron chi connectivity index (χ2n) is 5.01. The fourth-order valence-electron chi connectivity index (χ4n) is 2.11. The average molecular weight is 284 g/mol. The highest BCUT2D eigenvalue weighted by molar-refractivity contribution is 5.92. The van der Waals surface area contributed by atoms with Crippen LogP contribution in [0.4, 0.5) is 11.4 Å². The summed E-state index contributed by atoms with van der Waals surface area (Å²) in [5.74, 6) is -1.44. The molecule has 0 fully saturated rings. The van der Waals surface area contributed by atoms with Crippen molar-refractivity contribution in [3.05, 3.63) is 52.6 Å². The molecular weight excluding hydrogens is 268 g/mol. The normalized spacial score (nSPS) is 11.0. The molecule has 0 aliphatic heterocycles. The van der Waals surface area contributed by atoms with Gasteiger partial charge < -0.3 is 10.2 Å². The SMILES string of the molecule is Cc1cc(C)cc(N=Nc2cc(C)c(O)c(C(=O)O)c2)c1. The van der Waals surface area contributed by atoms with E-state index in [1.54, 1.807) is 13.0 Å². The molecule has 0 saturated heterocycles. The lowest BCUT2D eigenvalue weighted by Crippen LogP contribution is -1.97. The first-order valence-corrected chi connectivity index (χ1v) is 6.44. The van der Waals surface area contributed by atoms with Crippen molar-refractivity contribution in [1.82, 2.24) is 0 Å². The maximum atomic E-state index is 11.1. The van der Waals surface area contributed by atoms with E-state index in [0.717, 1.165) is 11.1 Å². The zero-order chi connectivity index (χ0) is 15.6. The molecule has 0 saturated carbocycles. The number of carbonyl (C=O) groups is 1. The van der Waals surface area contributed by atoms with Crippen LogP contribution in [0.3, 0.4) is 0 Å². The predicted octanol–water partition coefficient (Wildman–Crippen LogP) is 4.43. The van der Waals surface area contributed by atoms with Crippen LogP contribution in [0.25, 0.3) is 0 Å². The molecule has 0 atom stereocenters. The van der Waals surface area contributed by atoms with E-state index in [9.17, 15) is 9.90 Å². The van der Waals surface area contributed by atoms with Crippen LogP contribution in [0.2, 0.25) is 0 Å². The van der Waals surface area contributed by atoms with Crippen LogP contribution in [-0.2, 0) is 0 Å². The van der Waals surface area contributed by atoms with E-state index >= 15 is 0 Å². The number of hydrogen-bond acceptors (Lipinski definition) is 4. The average Bonchev–Trinajstić information content (AvgIpc) is 2.38. The van der Waals surface area contributed by atoms with Crippen molar-refractivity contribution in [2.45, 2.75) is 20.8 Å². The van der Waals surface area contributed by atoms with Crippen molar-refractivity contribution in [3.63, 3.8) is 0 Å². The van der Waals surface area contributed by atoms with Gasteiger partial charge in [0.15, 0.2) is 0 Å². The van der Waals surface area contributed by atoms with Gasteiger partial charge >= 0.3 is 5.97 Å². The Balaban J connectivity index is 2.39. The van der Waals surface area contributed by atoms with Crippen molar-refractivity contribution >= 4 is 17.3 Å². The summed E-state index contributed by atoms with van der Waals surface area (Å²) in [6, 6.07) is 8.71. The molecule has 21 heavy (non-hydrogen) atoms. The minimum atomic E-state index is -1.20. The summed E-state index contributed by atoms with van der Waals surface area (Å²) in [6.45, 7) is 5.57. The van der Waals surface area contributed by atoms with E-state index in [-0.39, 0.29) is 11.3 Å². The molecule has 5 nitrogen and oxygen atoms in total. The van der Waals surface area contributed by atoms with Gasteiger partial charge in [-0.2, -0.15) is 10.2 Å². The van der Waals surface area contributed by atoms with Crippen molar-refractivity contribution in [3.8, 4) is 5.75 Å². The lowest BCUT2D eigenvalue weighted by atomic mass is 10.1. The zero-order valence-electron chi connectivity index (χ0n) is 12.1. The number of phenols is 1. The van der Waals surface area contributed by atoms with Crippen LogP contribution in [0, 0.1) is 20.8 Å². The summed E-state index contributed by atoms with van der Waals surface area (Å²) >= 11 is 0. The molecule has 2 N–H and O–H groups in total. The molecule has 0 amide bonds. The molecule has 5 heteroatoms. The number of aromatic carboxylic acids is 1. The Kier molecular flexibility index (Phi) is 4.03. The number of benzene rings is 2. The first kappa shape index (κ1) is 14.7. The van der Waals surface area contributed by atoms with E-state index in [1.165, 1.54) is 6.07 Å². The Morgan fingerprint density at radius 3 is 1.95 bits per heavy atom. The second-order valence-corrected chi connectivity index (χ2v) is 5.01. The van der Waals surface area contributed by atoms with Gasteiger partial charge in [-0.15, -0.1) is 0 Å². The highest BCUT2D eigenvalue weighted by Crippen LogP contribution is 2.29. The van der Waals surface area contributed by atoms with E-state index in [4.69, 9.17) is 5.11 Å². The van der Waals surface area contributed by atoms with Crippen LogP contribution in [0.1, 0.15) is 27.0 Å². The van der Waals surface area contributed by atoms with Crippen molar-refractivity contribution < 1.29 is 15.0 Å². The lowest BCUT2D eigenvalue weighted by molar-refractivity contribution is 0.0693. The standard InChI is InChI=1S/C16H16N2O3/c1-9-4-10(2)6-12(5-9)17-18-13-7-11(3)15(19)14(8-13)16(20)21/h4-8,19H,1-3H3,(H,20,21). The molecule has 2 rings (SSSR count). The Morgan fingerprint density at radius 1 is 0.905 bits per heavy atom. The molecular formula is C16H16N2O3. The quantitative estimate of drug-likeness (QED) is 0.818. The largest absolute Gasteiger partial charge is 0.507 e. The van der Waals surface area contributed by atoms with E-state index in [1.807, 2.05) is 32.0 Å². The molecule has 0 spiro atoms. The number of azo groups is 1. The smallest absolute Gasteiger partial charge is 0.339 e. The fourth-order valence-corrected chi connectivity index (χ4v) is 2.11.